The SMILES string of the molecule is CCc1c(Br)cncc1-c1ccc(OC)nc1. The number of ether oxygens (including phenoxy) is 1. The molecule has 3 nitrogen and oxygen atoms in total. The minimum Gasteiger partial charge on any atom is -0.481 e. The van der Waals surface area contributed by atoms with Crippen LogP contribution in [0.3, 0.4) is 0 Å². The van der Waals surface area contributed by atoms with Crippen molar-refractivity contribution in [2.45, 2.75) is 13.3 Å². The standard InChI is InChI=1S/C13H13BrN2O/c1-3-10-11(7-15-8-12(10)14)9-4-5-13(17-2)16-6-9/h4-8H,3H2,1-2H3. The van der Waals surface area contributed by atoms with Crippen LogP contribution in [-0.4, -0.2) is 17.1 Å². The molecule has 0 saturated heterocycles. The number of rotatable bonds is 3. The molecule has 0 amide bonds. The van der Waals surface area contributed by atoms with Crippen molar-refractivity contribution in [2.24, 2.45) is 0 Å². The molecule has 88 valence electrons. The normalized spacial score (nSPS) is 10.3. The summed E-state index contributed by atoms with van der Waals surface area (Å²) in [6.45, 7) is 2.13. The monoisotopic (exact) mass is 292 g/mol. The van der Waals surface area contributed by atoms with Gasteiger partial charge in [-0.05, 0) is 34.0 Å². The summed E-state index contributed by atoms with van der Waals surface area (Å²) >= 11 is 3.53. The molecule has 0 aromatic carbocycles. The Balaban J connectivity index is 2.48. The average molecular weight is 293 g/mol. The van der Waals surface area contributed by atoms with Crippen LogP contribution in [0.4, 0.5) is 0 Å². The van der Waals surface area contributed by atoms with Crippen LogP contribution in [0.15, 0.2) is 35.2 Å². The van der Waals surface area contributed by atoms with E-state index >= 15 is 0 Å². The summed E-state index contributed by atoms with van der Waals surface area (Å²) in [6.07, 6.45) is 6.44. The second-order valence-corrected chi connectivity index (χ2v) is 4.44. The Bertz CT molecular complexity index is 511. The maximum Gasteiger partial charge on any atom is 0.212 e. The molecule has 2 heterocycles. The molecule has 2 aromatic rings. The number of hydrogen-bond donors (Lipinski definition) is 0. The summed E-state index contributed by atoms with van der Waals surface area (Å²) in [7, 11) is 1.61. The van der Waals surface area contributed by atoms with Crippen LogP contribution >= 0.6 is 15.9 Å². The zero-order chi connectivity index (χ0) is 12.3. The molecular formula is C13H13BrN2O. The molecule has 2 aromatic heterocycles. The Hall–Kier alpha value is -1.42. The van der Waals surface area contributed by atoms with Gasteiger partial charge in [0.2, 0.25) is 5.88 Å². The second-order valence-electron chi connectivity index (χ2n) is 3.59. The Morgan fingerprint density at radius 3 is 2.65 bits per heavy atom. The second kappa shape index (κ2) is 5.27. The van der Waals surface area contributed by atoms with Gasteiger partial charge < -0.3 is 4.74 Å². The van der Waals surface area contributed by atoms with E-state index in [2.05, 4.69) is 32.8 Å². The lowest BCUT2D eigenvalue weighted by atomic mass is 10.0. The highest BCUT2D eigenvalue weighted by Crippen LogP contribution is 2.28. The molecule has 17 heavy (non-hydrogen) atoms. The lowest BCUT2D eigenvalue weighted by molar-refractivity contribution is 0.398. The molecule has 0 N–H and O–H groups in total. The quantitative estimate of drug-likeness (QED) is 0.869. The summed E-state index contributed by atoms with van der Waals surface area (Å²) in [5.41, 5.74) is 3.40. The largest absolute Gasteiger partial charge is 0.481 e. The van der Waals surface area contributed by atoms with E-state index in [0.717, 1.165) is 22.0 Å². The van der Waals surface area contributed by atoms with E-state index in [9.17, 15) is 0 Å². The number of pyridine rings is 2. The van der Waals surface area contributed by atoms with Gasteiger partial charge in [-0.2, -0.15) is 0 Å². The number of hydrogen-bond acceptors (Lipinski definition) is 3. The molecule has 0 radical (unpaired) electrons. The molecule has 0 saturated carbocycles. The lowest BCUT2D eigenvalue weighted by Crippen LogP contribution is -1.93. The fourth-order valence-corrected chi connectivity index (χ4v) is 2.34. The first-order valence-corrected chi connectivity index (χ1v) is 6.18. The Kier molecular flexibility index (Phi) is 3.74. The predicted octanol–water partition coefficient (Wildman–Crippen LogP) is 3.48. The van der Waals surface area contributed by atoms with E-state index < -0.39 is 0 Å². The summed E-state index contributed by atoms with van der Waals surface area (Å²) < 4.78 is 6.08. The highest BCUT2D eigenvalue weighted by atomic mass is 79.9. The summed E-state index contributed by atoms with van der Waals surface area (Å²) in [4.78, 5) is 8.42. The zero-order valence-corrected chi connectivity index (χ0v) is 11.4. The first-order chi connectivity index (χ1) is 8.26. The van der Waals surface area contributed by atoms with Crippen molar-refractivity contribution in [3.63, 3.8) is 0 Å². The molecule has 0 fully saturated rings. The molecule has 0 aliphatic heterocycles. The fourth-order valence-electron chi connectivity index (χ4n) is 1.73. The molecule has 0 bridgehead atoms. The van der Waals surface area contributed by atoms with Gasteiger partial charge in [0.25, 0.3) is 0 Å². The van der Waals surface area contributed by atoms with Crippen LogP contribution < -0.4 is 4.74 Å². The minimum absolute atomic E-state index is 0.620. The minimum atomic E-state index is 0.620. The van der Waals surface area contributed by atoms with Gasteiger partial charge in [0.1, 0.15) is 0 Å². The third kappa shape index (κ3) is 2.47. The fraction of sp³-hybridized carbons (Fsp3) is 0.231. The van der Waals surface area contributed by atoms with Crippen molar-refractivity contribution in [3.8, 4) is 17.0 Å². The van der Waals surface area contributed by atoms with Crippen molar-refractivity contribution < 1.29 is 4.74 Å². The third-order valence-corrected chi connectivity index (χ3v) is 3.30. The van der Waals surface area contributed by atoms with Crippen LogP contribution in [0.25, 0.3) is 11.1 Å². The summed E-state index contributed by atoms with van der Waals surface area (Å²) in [5.74, 6) is 0.620. The molecular weight excluding hydrogens is 280 g/mol. The first-order valence-electron chi connectivity index (χ1n) is 5.39. The number of aromatic nitrogens is 2. The van der Waals surface area contributed by atoms with E-state index in [1.807, 2.05) is 24.5 Å². The summed E-state index contributed by atoms with van der Waals surface area (Å²) in [5, 5.41) is 0. The summed E-state index contributed by atoms with van der Waals surface area (Å²) in [6, 6.07) is 3.85. The van der Waals surface area contributed by atoms with E-state index in [0.29, 0.717) is 5.88 Å². The van der Waals surface area contributed by atoms with Gasteiger partial charge in [0.15, 0.2) is 0 Å². The van der Waals surface area contributed by atoms with Crippen molar-refractivity contribution in [1.82, 2.24) is 9.97 Å². The van der Waals surface area contributed by atoms with E-state index in [-0.39, 0.29) is 0 Å². The molecule has 0 aliphatic rings. The van der Waals surface area contributed by atoms with E-state index in [1.165, 1.54) is 5.56 Å². The number of methoxy groups -OCH3 is 1. The Labute approximate surface area is 109 Å². The molecule has 0 atom stereocenters. The third-order valence-electron chi connectivity index (χ3n) is 2.61. The van der Waals surface area contributed by atoms with E-state index in [4.69, 9.17) is 4.74 Å². The maximum absolute atomic E-state index is 5.05. The van der Waals surface area contributed by atoms with Gasteiger partial charge >= 0.3 is 0 Å². The van der Waals surface area contributed by atoms with Gasteiger partial charge in [0.05, 0.1) is 7.11 Å². The number of halogens is 1. The van der Waals surface area contributed by atoms with Gasteiger partial charge in [-0.1, -0.05) is 6.92 Å². The van der Waals surface area contributed by atoms with Crippen LogP contribution in [-0.2, 0) is 6.42 Å². The zero-order valence-electron chi connectivity index (χ0n) is 9.77. The molecule has 0 spiro atoms. The highest BCUT2D eigenvalue weighted by Gasteiger charge is 2.08. The topological polar surface area (TPSA) is 35.0 Å². The smallest absolute Gasteiger partial charge is 0.212 e. The maximum atomic E-state index is 5.05. The van der Waals surface area contributed by atoms with Crippen molar-refractivity contribution in [2.75, 3.05) is 7.11 Å². The van der Waals surface area contributed by atoms with Gasteiger partial charge in [0, 0.05) is 40.3 Å². The number of nitrogens with zero attached hydrogens (tertiary/aromatic N) is 2. The Morgan fingerprint density at radius 1 is 1.24 bits per heavy atom. The van der Waals surface area contributed by atoms with Gasteiger partial charge in [-0.15, -0.1) is 0 Å². The van der Waals surface area contributed by atoms with Crippen LogP contribution in [0, 0.1) is 0 Å². The van der Waals surface area contributed by atoms with Crippen LogP contribution in [0.2, 0.25) is 0 Å². The highest BCUT2D eigenvalue weighted by molar-refractivity contribution is 9.10. The van der Waals surface area contributed by atoms with E-state index in [1.54, 1.807) is 13.3 Å². The molecule has 4 heteroatoms. The first kappa shape index (κ1) is 12.0. The Morgan fingerprint density at radius 2 is 2.06 bits per heavy atom. The van der Waals surface area contributed by atoms with Crippen LogP contribution in [0.5, 0.6) is 5.88 Å². The molecule has 0 unspecified atom stereocenters. The van der Waals surface area contributed by atoms with Crippen molar-refractivity contribution in [3.05, 3.63) is 40.8 Å². The average Bonchev–Trinajstić information content (AvgIpc) is 2.38. The van der Waals surface area contributed by atoms with Gasteiger partial charge in [-0.3, -0.25) is 4.98 Å². The van der Waals surface area contributed by atoms with Crippen molar-refractivity contribution >= 4 is 15.9 Å². The molecule has 0 aliphatic carbocycles. The molecule has 2 rings (SSSR count). The predicted molar refractivity (Wildman–Crippen MR) is 71.1 cm³/mol. The van der Waals surface area contributed by atoms with Crippen LogP contribution in [0.1, 0.15) is 12.5 Å². The van der Waals surface area contributed by atoms with Gasteiger partial charge in [-0.25, -0.2) is 4.98 Å². The van der Waals surface area contributed by atoms with Crippen molar-refractivity contribution in [1.29, 1.82) is 0 Å². The lowest BCUT2D eigenvalue weighted by Gasteiger charge is -2.09.